The molecule has 7 aromatic carbocycles. The Morgan fingerprint density at radius 3 is 1.89 bits per heavy atom. The van der Waals surface area contributed by atoms with Crippen LogP contribution in [0.1, 0.15) is 63.8 Å². The molecule has 0 fully saturated rings. The normalized spacial score (nSPS) is 15.5. The highest BCUT2D eigenvalue weighted by Crippen LogP contribution is 2.54. The van der Waals surface area contributed by atoms with Gasteiger partial charge in [-0.25, -0.2) is 0 Å². The number of aryl methyl sites for hydroxylation is 1. The second kappa shape index (κ2) is 12.7. The maximum atomic E-state index is 7.68. The van der Waals surface area contributed by atoms with Gasteiger partial charge in [-0.05, 0) is 105 Å². The minimum atomic E-state index is -1.02. The number of ether oxygens (including phenoxy) is 1. The van der Waals surface area contributed by atoms with Gasteiger partial charge in [-0.15, -0.1) is 9.13 Å². The summed E-state index contributed by atoms with van der Waals surface area (Å²) in [5.74, 6) is 0.941. The molecule has 0 aliphatic carbocycles. The van der Waals surface area contributed by atoms with E-state index in [1.54, 1.807) is 0 Å². The number of hydrogen-bond donors (Lipinski definition) is 0. The van der Waals surface area contributed by atoms with Crippen LogP contribution in [0.3, 0.4) is 0 Å². The molecule has 5 heterocycles. The predicted octanol–water partition coefficient (Wildman–Crippen LogP) is 13.3. The molecule has 0 saturated heterocycles. The summed E-state index contributed by atoms with van der Waals surface area (Å²) in [6.07, 6.45) is 2.27. The van der Waals surface area contributed by atoms with Gasteiger partial charge in [-0.2, -0.15) is 4.57 Å². The number of aromatic nitrogens is 3. The van der Waals surface area contributed by atoms with Gasteiger partial charge in [0.25, 0.3) is 0 Å². The van der Waals surface area contributed by atoms with E-state index in [9.17, 15) is 0 Å². The zero-order chi connectivity index (χ0) is 42.3. The first-order valence-electron chi connectivity index (χ1n) is 21.9. The fourth-order valence-corrected chi connectivity index (χ4v) is 10.3. The Balaban J connectivity index is 1.16. The molecule has 300 valence electrons. The number of rotatable bonds is 4. The van der Waals surface area contributed by atoms with Crippen molar-refractivity contribution in [1.82, 2.24) is 4.57 Å². The molecule has 4 heteroatoms. The van der Waals surface area contributed by atoms with Gasteiger partial charge >= 0.3 is 11.7 Å². The summed E-state index contributed by atoms with van der Waals surface area (Å²) in [4.78, 5) is 0. The molecule has 4 nitrogen and oxygen atoms in total. The van der Waals surface area contributed by atoms with Crippen molar-refractivity contribution in [2.75, 3.05) is 0 Å². The summed E-state index contributed by atoms with van der Waals surface area (Å²) in [5, 5.41) is 0. The first-order valence-corrected chi connectivity index (χ1v) is 21.9. The average Bonchev–Trinajstić information content (AvgIpc) is 3.77. The van der Waals surface area contributed by atoms with E-state index in [0.29, 0.717) is 0 Å². The van der Waals surface area contributed by atoms with Crippen molar-refractivity contribution in [3.05, 3.63) is 192 Å². The van der Waals surface area contributed by atoms with Crippen molar-refractivity contribution in [3.8, 4) is 78.6 Å². The lowest BCUT2D eigenvalue weighted by molar-refractivity contribution is -0.997. The molecular weight excluding hydrogens is 755 g/mol. The van der Waals surface area contributed by atoms with Crippen molar-refractivity contribution in [2.45, 2.75) is 65.1 Å². The van der Waals surface area contributed by atoms with Gasteiger partial charge in [-0.3, -0.25) is 0 Å². The molecule has 0 saturated carbocycles. The molecule has 1 unspecified atom stereocenters. The topological polar surface area (TPSA) is 21.9 Å². The first-order chi connectivity index (χ1) is 29.9. The molecule has 3 aliphatic heterocycles. The van der Waals surface area contributed by atoms with E-state index in [4.69, 9.17) is 4.74 Å². The van der Waals surface area contributed by atoms with Gasteiger partial charge in [0.2, 0.25) is 5.69 Å². The second-order valence-corrected chi connectivity index (χ2v) is 19.5. The van der Waals surface area contributed by atoms with Crippen molar-refractivity contribution in [1.29, 1.82) is 0 Å². The lowest BCUT2D eigenvalue weighted by Gasteiger charge is -2.32. The molecule has 0 radical (unpaired) electrons. The van der Waals surface area contributed by atoms with Crippen LogP contribution in [0.2, 0.25) is 0 Å². The van der Waals surface area contributed by atoms with Gasteiger partial charge in [0.15, 0.2) is 17.2 Å². The fraction of sp³-hybridized carbons (Fsp3) is 0.172. The molecule has 1 spiro atoms. The van der Waals surface area contributed by atoms with E-state index >= 15 is 0 Å². The summed E-state index contributed by atoms with van der Waals surface area (Å²) in [7, 11) is 0. The van der Waals surface area contributed by atoms with Crippen LogP contribution in [0, 0.1) is 6.92 Å². The molecule has 0 amide bonds. The Bertz CT molecular complexity index is 3320. The highest BCUT2D eigenvalue weighted by molar-refractivity contribution is 5.98. The summed E-state index contributed by atoms with van der Waals surface area (Å²) in [6.45, 7) is 16.0. The maximum absolute atomic E-state index is 7.68. The molecule has 9 aromatic rings. The Kier molecular flexibility index (Phi) is 7.56. The summed E-state index contributed by atoms with van der Waals surface area (Å²) in [5.41, 5.74) is 21.5. The van der Waals surface area contributed by atoms with Gasteiger partial charge in [0, 0.05) is 28.8 Å². The third-order valence-corrected chi connectivity index (χ3v) is 13.5. The predicted molar refractivity (Wildman–Crippen MR) is 252 cm³/mol. The van der Waals surface area contributed by atoms with Crippen LogP contribution >= 0.6 is 0 Å². The van der Waals surface area contributed by atoms with Gasteiger partial charge < -0.3 is 4.74 Å². The van der Waals surface area contributed by atoms with E-state index in [-0.39, 0.29) is 10.8 Å². The number of pyridine rings is 1. The summed E-state index contributed by atoms with van der Waals surface area (Å²) in [6, 6.07) is 60.7. The van der Waals surface area contributed by atoms with Crippen molar-refractivity contribution in [3.63, 3.8) is 0 Å². The number of hydrogen-bond acceptors (Lipinski definition) is 1. The highest BCUT2D eigenvalue weighted by atomic mass is 16.5. The third-order valence-electron chi connectivity index (χ3n) is 13.5. The third kappa shape index (κ3) is 5.13. The largest absolute Gasteiger partial charge is 0.499 e. The van der Waals surface area contributed by atoms with Crippen LogP contribution in [0.5, 0.6) is 5.75 Å². The Hall–Kier alpha value is -7.04. The van der Waals surface area contributed by atoms with Crippen LogP contribution in [-0.2, 0) is 16.7 Å². The highest BCUT2D eigenvalue weighted by Gasteiger charge is 2.68. The van der Waals surface area contributed by atoms with E-state index in [0.717, 1.165) is 39.6 Å². The minimum absolute atomic E-state index is 0.0632. The van der Waals surface area contributed by atoms with Gasteiger partial charge in [-0.1, -0.05) is 150 Å². The molecule has 0 bridgehead atoms. The van der Waals surface area contributed by atoms with Crippen molar-refractivity contribution in [2.24, 2.45) is 0 Å². The van der Waals surface area contributed by atoms with E-state index in [1.807, 2.05) is 0 Å². The zero-order valence-electron chi connectivity index (χ0n) is 36.4. The van der Waals surface area contributed by atoms with Crippen LogP contribution in [0.15, 0.2) is 170 Å². The maximum Gasteiger partial charge on any atom is 0.499 e. The number of para-hydroxylation sites is 2. The molecular formula is C58H49N3O+2. The Labute approximate surface area is 364 Å². The molecule has 0 N–H and O–H groups in total. The van der Waals surface area contributed by atoms with Crippen LogP contribution in [0.4, 0.5) is 0 Å². The number of benzene rings is 7. The van der Waals surface area contributed by atoms with E-state index in [2.05, 4.69) is 232 Å². The van der Waals surface area contributed by atoms with Gasteiger partial charge in [0.1, 0.15) is 22.6 Å². The summed E-state index contributed by atoms with van der Waals surface area (Å²) >= 11 is 0. The standard InChI is InChI=1S/C58H49N3O/c1-36-20-29-49(46(32-36)40-25-27-42(28-26-40)56(2,3)4)60-50-18-13-17-44-47-34-43(57(5,6)7)35-48-51-33-41(39-23-21-38(22-24-39)37-14-9-8-10-15-37)30-31-59(51)58(53(47)48)61(54(44)50)55(60)45-16-11-12-19-52(45)62-58/h8-35H,1-7H3/q+2. The fourth-order valence-electron chi connectivity index (χ4n) is 10.3. The van der Waals surface area contributed by atoms with Crippen LogP contribution < -0.4 is 13.9 Å². The van der Waals surface area contributed by atoms with Crippen LogP contribution in [0.25, 0.3) is 83.9 Å². The van der Waals surface area contributed by atoms with Crippen molar-refractivity contribution < 1.29 is 13.9 Å². The lowest BCUT2D eigenvalue weighted by atomic mass is 9.80. The molecule has 3 aliphatic rings. The van der Waals surface area contributed by atoms with Crippen molar-refractivity contribution >= 4 is 11.0 Å². The number of nitrogens with zero attached hydrogens (tertiary/aromatic N) is 3. The molecule has 2 aromatic heterocycles. The number of imidazole rings is 1. The Morgan fingerprint density at radius 2 is 1.15 bits per heavy atom. The minimum Gasteiger partial charge on any atom is -0.392 e. The average molecular weight is 804 g/mol. The lowest BCUT2D eigenvalue weighted by Crippen LogP contribution is -2.78. The zero-order valence-corrected chi connectivity index (χ0v) is 36.4. The van der Waals surface area contributed by atoms with E-state index in [1.165, 1.54) is 72.3 Å². The monoisotopic (exact) mass is 803 g/mol. The SMILES string of the molecule is Cc1ccc(-n2c3[n+]4c5c(cccc52)-c2cc(C(C)(C)C)cc5c2C4(Oc2ccccc2-3)[n+]2ccc(-c3ccc(-c4ccccc4)cc3)cc2-5)c(-c2ccc(C(C)(C)C)cc2)c1. The molecule has 1 atom stereocenters. The first kappa shape index (κ1) is 36.8. The second-order valence-electron chi connectivity index (χ2n) is 19.5. The quantitative estimate of drug-likeness (QED) is 0.162. The van der Waals surface area contributed by atoms with E-state index < -0.39 is 5.85 Å². The molecule has 12 rings (SSSR count). The number of fused-ring (bicyclic) bond motifs is 5. The van der Waals surface area contributed by atoms with Crippen LogP contribution in [-0.4, -0.2) is 4.57 Å². The van der Waals surface area contributed by atoms with Gasteiger partial charge in [0.05, 0.1) is 5.56 Å². The molecule has 62 heavy (non-hydrogen) atoms. The smallest absolute Gasteiger partial charge is 0.392 e. The summed E-state index contributed by atoms with van der Waals surface area (Å²) < 4.78 is 15.1. The Morgan fingerprint density at radius 1 is 0.500 bits per heavy atom.